The Morgan fingerprint density at radius 3 is 0.622 bits per heavy atom. The molecule has 0 saturated carbocycles. The molecule has 4 unspecified atom stereocenters. The van der Waals surface area contributed by atoms with Crippen molar-refractivity contribution in [2.24, 2.45) is 23.7 Å². The van der Waals surface area contributed by atoms with E-state index in [1.807, 2.05) is 26.4 Å². The lowest BCUT2D eigenvalue weighted by Crippen LogP contribution is -2.07. The maximum Gasteiger partial charge on any atom is 0.369 e. The highest BCUT2D eigenvalue weighted by Gasteiger charge is 2.19. The zero-order valence-corrected chi connectivity index (χ0v) is 66.4. The Kier molecular flexibility index (Phi) is 66.1. The van der Waals surface area contributed by atoms with Crippen LogP contribution in [0.25, 0.3) is 0 Å². The van der Waals surface area contributed by atoms with Gasteiger partial charge in [-0.05, 0) is 122 Å². The van der Waals surface area contributed by atoms with Crippen molar-refractivity contribution in [2.45, 2.75) is 415 Å². The molecule has 8 heteroatoms. The van der Waals surface area contributed by atoms with Crippen molar-refractivity contribution < 1.29 is 19.7 Å². The lowest BCUT2D eigenvalue weighted by atomic mass is 9.87. The third kappa shape index (κ3) is 52.4. The number of phenolic OH excluding ortho intramolecular Hbond substituents is 2. The Hall–Kier alpha value is -0.855. The minimum absolute atomic E-state index is 0.271. The lowest BCUT2D eigenvalue weighted by molar-refractivity contribution is 0.366. The van der Waals surface area contributed by atoms with E-state index in [9.17, 15) is 10.2 Å². The van der Waals surface area contributed by atoms with E-state index in [0.717, 1.165) is 84.8 Å². The quantitative estimate of drug-likeness (QED) is 0.0394. The number of halogens is 3. The molecule has 0 aromatic heterocycles. The van der Waals surface area contributed by atoms with Crippen LogP contribution in [0.4, 0.5) is 0 Å². The number of benzene rings is 2. The van der Waals surface area contributed by atoms with Crippen molar-refractivity contribution in [2.75, 3.05) is 14.2 Å². The van der Waals surface area contributed by atoms with E-state index < -0.39 is 0 Å². The lowest BCUT2D eigenvalue weighted by Gasteiger charge is -2.21. The summed E-state index contributed by atoms with van der Waals surface area (Å²) in [4.78, 5) is 0. The summed E-state index contributed by atoms with van der Waals surface area (Å²) in [5, 5.41) is 21.9. The summed E-state index contributed by atoms with van der Waals surface area (Å²) < 4.78 is 12.3. The molecule has 0 fully saturated rings. The van der Waals surface area contributed by atoms with Crippen LogP contribution in [0.3, 0.4) is 0 Å². The van der Waals surface area contributed by atoms with Crippen LogP contribution in [0.5, 0.6) is 23.0 Å². The second kappa shape index (κ2) is 66.7. The van der Waals surface area contributed by atoms with Gasteiger partial charge in [-0.2, -0.15) is 0 Å². The standard InChI is InChI=1S/C42H78O2.C40H74O2.BBr3/c1-7-11-15-19-21-25-29-37(27-23-17-13-9-3)31-33-39-35-42(44-6)40(36-41(39)43-5)34-32-38(28-24-18-14-10-4)30-26-22-20-16-12-8-2;1-5-9-13-17-19-23-27-35(25-21-15-11-7-3)29-31-37-33-40(42)38(34-39(37)41)32-30-36(26-22-16-12-8-4)28-24-20-18-14-10-6-2;2-1(3)4/h35-38H,7-34H2,1-6H3;33-36,41-42H,5-32H2,1-4H3;. The van der Waals surface area contributed by atoms with Crippen molar-refractivity contribution in [3.63, 3.8) is 0 Å². The van der Waals surface area contributed by atoms with Gasteiger partial charge in [0, 0.05) is 0 Å². The average molecular weight is 1450 g/mol. The van der Waals surface area contributed by atoms with Crippen LogP contribution in [0.2, 0.25) is 0 Å². The predicted octanol–water partition coefficient (Wildman–Crippen LogP) is 30.0. The number of ether oxygens (including phenoxy) is 2. The van der Waals surface area contributed by atoms with Gasteiger partial charge in [0.05, 0.1) is 14.2 Å². The molecular formula is C82H152BBr3O4. The highest BCUT2D eigenvalue weighted by atomic mass is 79.9. The molecule has 2 aromatic carbocycles. The Bertz CT molecular complexity index is 1680. The molecular weight excluding hydrogens is 1300 g/mol. The largest absolute Gasteiger partial charge is 0.508 e. The highest BCUT2D eigenvalue weighted by molar-refractivity contribution is 9.69. The van der Waals surface area contributed by atoms with Crippen molar-refractivity contribution in [3.8, 4) is 23.0 Å². The van der Waals surface area contributed by atoms with Gasteiger partial charge in [0.2, 0.25) is 0 Å². The zero-order valence-electron chi connectivity index (χ0n) is 61.6. The summed E-state index contributed by atoms with van der Waals surface area (Å²) in [7, 11) is 3.73. The van der Waals surface area contributed by atoms with Gasteiger partial charge in [0.15, 0.2) is 0 Å². The smallest absolute Gasteiger partial charge is 0.369 e. The Morgan fingerprint density at radius 1 is 0.267 bits per heavy atom. The fourth-order valence-corrected chi connectivity index (χ4v) is 13.9. The van der Waals surface area contributed by atoms with Crippen molar-refractivity contribution in [1.82, 2.24) is 0 Å². The molecule has 0 aliphatic heterocycles. The summed E-state index contributed by atoms with van der Waals surface area (Å²) in [5.41, 5.74) is 4.58. The fraction of sp³-hybridized carbons (Fsp3) is 0.854. The summed E-state index contributed by atoms with van der Waals surface area (Å²) >= 11 is 9.31. The van der Waals surface area contributed by atoms with Crippen LogP contribution < -0.4 is 9.47 Å². The summed E-state index contributed by atoms with van der Waals surface area (Å²) in [6.07, 6.45) is 74.4. The second-order valence-electron chi connectivity index (χ2n) is 28.1. The van der Waals surface area contributed by atoms with Crippen LogP contribution >= 0.6 is 47.3 Å². The molecule has 0 radical (unpaired) electrons. The van der Waals surface area contributed by atoms with E-state index >= 15 is 0 Å². The first-order chi connectivity index (χ1) is 43.9. The summed E-state index contributed by atoms with van der Waals surface area (Å²) in [6, 6.07) is 8.45. The first kappa shape index (κ1) is 89.1. The number of aromatic hydroxyl groups is 2. The molecule has 0 heterocycles. The van der Waals surface area contributed by atoms with Gasteiger partial charge in [-0.3, -0.25) is 0 Å². The molecule has 0 aliphatic rings. The van der Waals surface area contributed by atoms with Crippen molar-refractivity contribution in [3.05, 3.63) is 46.5 Å². The van der Waals surface area contributed by atoms with Crippen LogP contribution in [0.15, 0.2) is 24.3 Å². The molecule has 2 N–H and O–H groups in total. The number of methoxy groups -OCH3 is 2. The van der Waals surface area contributed by atoms with Crippen LogP contribution in [0.1, 0.15) is 412 Å². The van der Waals surface area contributed by atoms with Crippen molar-refractivity contribution >= 4 is 50.5 Å². The van der Waals surface area contributed by atoms with E-state index in [0.29, 0.717) is 11.5 Å². The monoisotopic (exact) mass is 1450 g/mol. The molecule has 0 spiro atoms. The predicted molar refractivity (Wildman–Crippen MR) is 416 cm³/mol. The molecule has 2 rings (SSSR count). The normalized spacial score (nSPS) is 12.7. The van der Waals surface area contributed by atoms with Crippen molar-refractivity contribution in [1.29, 1.82) is 0 Å². The Balaban J connectivity index is 0.00000166. The maximum atomic E-state index is 11.0. The highest BCUT2D eigenvalue weighted by Crippen LogP contribution is 2.36. The van der Waals surface area contributed by atoms with E-state index in [1.54, 1.807) is 0 Å². The van der Waals surface area contributed by atoms with E-state index in [-0.39, 0.29) is 3.18 Å². The Morgan fingerprint density at radius 2 is 0.433 bits per heavy atom. The molecule has 0 aliphatic carbocycles. The van der Waals surface area contributed by atoms with E-state index in [2.05, 4.69) is 115 Å². The first-order valence-electron chi connectivity index (χ1n) is 39.6. The number of unbranched alkanes of at least 4 members (excludes halogenated alkanes) is 32. The third-order valence-electron chi connectivity index (χ3n) is 20.0. The van der Waals surface area contributed by atoms with Gasteiger partial charge in [-0.25, -0.2) is 0 Å². The molecule has 4 nitrogen and oxygen atoms in total. The van der Waals surface area contributed by atoms with Crippen LogP contribution in [-0.4, -0.2) is 27.6 Å². The van der Waals surface area contributed by atoms with Gasteiger partial charge in [0.1, 0.15) is 23.0 Å². The number of aryl methyl sites for hydroxylation is 4. The van der Waals surface area contributed by atoms with Gasteiger partial charge >= 0.3 is 3.18 Å². The Labute approximate surface area is 588 Å². The number of hydrogen-bond acceptors (Lipinski definition) is 4. The SMILES string of the molecule is BrB(Br)Br.CCCCCCCCC(CCCCCC)CCc1cc(O)c(CCC(CCCCCC)CCCCCCCC)cc1O.CCCCCCCCC(CCCCCC)CCc1cc(OC)c(CCC(CCCCCC)CCCCCCCC)cc1OC. The van der Waals surface area contributed by atoms with Crippen LogP contribution in [-0.2, 0) is 25.7 Å². The van der Waals surface area contributed by atoms with E-state index in [1.165, 1.54) is 332 Å². The minimum atomic E-state index is 0.271. The molecule has 90 heavy (non-hydrogen) atoms. The first-order valence-corrected chi connectivity index (χ1v) is 42.4. The van der Waals surface area contributed by atoms with Gasteiger partial charge in [-0.1, -0.05) is 364 Å². The van der Waals surface area contributed by atoms with Gasteiger partial charge in [-0.15, -0.1) is 47.3 Å². The topological polar surface area (TPSA) is 58.9 Å². The number of rotatable bonds is 62. The molecule has 528 valence electrons. The third-order valence-corrected chi connectivity index (χ3v) is 20.0. The molecule has 2 aromatic rings. The van der Waals surface area contributed by atoms with Gasteiger partial charge in [0.25, 0.3) is 0 Å². The zero-order chi connectivity index (χ0) is 66.3. The molecule has 4 atom stereocenters. The summed E-state index contributed by atoms with van der Waals surface area (Å²) in [5.74, 6) is 6.13. The molecule has 0 saturated heterocycles. The number of hydrogen-bond donors (Lipinski definition) is 2. The molecule has 0 amide bonds. The second-order valence-corrected chi connectivity index (χ2v) is 34.5. The van der Waals surface area contributed by atoms with E-state index in [4.69, 9.17) is 9.47 Å². The fourth-order valence-electron chi connectivity index (χ4n) is 13.9. The summed E-state index contributed by atoms with van der Waals surface area (Å²) in [6.45, 7) is 18.4. The van der Waals surface area contributed by atoms with Crippen LogP contribution in [0, 0.1) is 23.7 Å². The molecule has 0 bridgehead atoms. The number of phenols is 2. The minimum Gasteiger partial charge on any atom is -0.508 e. The maximum absolute atomic E-state index is 11.0. The average Bonchev–Trinajstić information content (AvgIpc) is 1.65. The van der Waals surface area contributed by atoms with Gasteiger partial charge < -0.3 is 19.7 Å².